The topological polar surface area (TPSA) is 53.0 Å². The van der Waals surface area contributed by atoms with Gasteiger partial charge in [0, 0.05) is 27.0 Å². The molecule has 1 unspecified atom stereocenters. The minimum atomic E-state index is -4.91. The SMILES string of the molecule is O=C1N(c2ccc(Cl)cc2)C2(CC2)C(O)(c2cccc(OC(F)(F)F)c2)N1c1ccc(Cl)cc1. The first kappa shape index (κ1) is 22.8. The van der Waals surface area contributed by atoms with Crippen molar-refractivity contribution < 1.29 is 27.8 Å². The van der Waals surface area contributed by atoms with Crippen LogP contribution in [-0.4, -0.2) is 23.0 Å². The molecule has 3 aromatic rings. The predicted octanol–water partition coefficient (Wildman–Crippen LogP) is 6.72. The molecule has 1 saturated carbocycles. The number of amides is 2. The van der Waals surface area contributed by atoms with E-state index in [0.29, 0.717) is 34.3 Å². The Morgan fingerprint density at radius 2 is 1.38 bits per heavy atom. The number of carbonyl (C=O) groups is 1. The van der Waals surface area contributed by atoms with Gasteiger partial charge in [-0.05, 0) is 73.5 Å². The number of hydrogen-bond acceptors (Lipinski definition) is 3. The Labute approximate surface area is 202 Å². The highest BCUT2D eigenvalue weighted by Gasteiger charge is 2.74. The highest BCUT2D eigenvalue weighted by atomic mass is 35.5. The molecule has 0 aromatic heterocycles. The number of carbonyl (C=O) groups excluding carboxylic acids is 1. The van der Waals surface area contributed by atoms with Crippen molar-refractivity contribution in [1.29, 1.82) is 0 Å². The van der Waals surface area contributed by atoms with Crippen LogP contribution in [0.25, 0.3) is 0 Å². The van der Waals surface area contributed by atoms with Crippen molar-refractivity contribution in [1.82, 2.24) is 0 Å². The Bertz CT molecular complexity index is 1250. The zero-order chi connectivity index (χ0) is 24.3. The summed E-state index contributed by atoms with van der Waals surface area (Å²) in [5.41, 5.74) is -2.19. The van der Waals surface area contributed by atoms with Crippen LogP contribution in [0.2, 0.25) is 10.0 Å². The number of hydrogen-bond donors (Lipinski definition) is 1. The van der Waals surface area contributed by atoms with E-state index < -0.39 is 29.4 Å². The second kappa shape index (κ2) is 7.80. The second-order valence-corrected chi connectivity index (χ2v) is 9.06. The molecular weight excluding hydrogens is 492 g/mol. The summed E-state index contributed by atoms with van der Waals surface area (Å²) in [5.74, 6) is -0.498. The van der Waals surface area contributed by atoms with E-state index >= 15 is 0 Å². The van der Waals surface area contributed by atoms with Crippen molar-refractivity contribution in [3.63, 3.8) is 0 Å². The smallest absolute Gasteiger partial charge is 0.406 e. The summed E-state index contributed by atoms with van der Waals surface area (Å²) < 4.78 is 42.7. The fourth-order valence-electron chi connectivity index (χ4n) is 4.62. The molecule has 1 saturated heterocycles. The summed E-state index contributed by atoms with van der Waals surface area (Å²) in [6, 6.07) is 17.4. The van der Waals surface area contributed by atoms with Crippen LogP contribution < -0.4 is 14.5 Å². The van der Waals surface area contributed by atoms with Gasteiger partial charge in [-0.3, -0.25) is 9.80 Å². The molecule has 34 heavy (non-hydrogen) atoms. The largest absolute Gasteiger partial charge is 0.573 e. The molecule has 0 radical (unpaired) electrons. The van der Waals surface area contributed by atoms with Crippen molar-refractivity contribution in [2.75, 3.05) is 9.80 Å². The Morgan fingerprint density at radius 3 is 1.88 bits per heavy atom. The van der Waals surface area contributed by atoms with Crippen molar-refractivity contribution >= 4 is 40.6 Å². The molecule has 176 valence electrons. The molecule has 1 aliphatic heterocycles. The highest BCUT2D eigenvalue weighted by Crippen LogP contribution is 2.62. The first-order valence-electron chi connectivity index (χ1n) is 10.3. The summed E-state index contributed by atoms with van der Waals surface area (Å²) >= 11 is 12.0. The maximum absolute atomic E-state index is 13.8. The van der Waals surface area contributed by atoms with E-state index in [1.54, 1.807) is 48.5 Å². The standard InChI is InChI=1S/C24H17Cl2F3N2O3/c25-16-4-8-18(9-5-16)30-21(32)31(19-10-6-17(26)7-11-19)23(33,22(30)12-13-22)15-2-1-3-20(14-15)34-24(27,28)29/h1-11,14,33H,12-13H2. The van der Waals surface area contributed by atoms with Gasteiger partial charge in [-0.15, -0.1) is 13.2 Å². The van der Waals surface area contributed by atoms with Gasteiger partial charge in [0.1, 0.15) is 11.3 Å². The van der Waals surface area contributed by atoms with E-state index in [4.69, 9.17) is 23.2 Å². The van der Waals surface area contributed by atoms with Crippen LogP contribution in [-0.2, 0) is 5.72 Å². The number of halogens is 5. The minimum absolute atomic E-state index is 0.0894. The van der Waals surface area contributed by atoms with Crippen LogP contribution in [0.5, 0.6) is 5.75 Å². The van der Waals surface area contributed by atoms with Gasteiger partial charge in [-0.25, -0.2) is 4.79 Å². The van der Waals surface area contributed by atoms with Crippen LogP contribution in [0, 0.1) is 0 Å². The molecule has 1 atom stereocenters. The molecule has 2 aliphatic rings. The van der Waals surface area contributed by atoms with Crippen LogP contribution in [0.4, 0.5) is 29.3 Å². The third kappa shape index (κ3) is 3.57. The summed E-state index contributed by atoms with van der Waals surface area (Å²) in [6.45, 7) is 0. The fraction of sp³-hybridized carbons (Fsp3) is 0.208. The number of aliphatic hydroxyl groups is 1. The number of benzene rings is 3. The molecule has 5 nitrogen and oxygen atoms in total. The predicted molar refractivity (Wildman–Crippen MR) is 122 cm³/mol. The normalized spacial score (nSPS) is 21.3. The van der Waals surface area contributed by atoms with Gasteiger partial charge in [0.15, 0.2) is 5.72 Å². The Kier molecular flexibility index (Phi) is 5.24. The molecule has 1 spiro atoms. The minimum Gasteiger partial charge on any atom is -0.406 e. The number of nitrogens with zero attached hydrogens (tertiary/aromatic N) is 2. The van der Waals surface area contributed by atoms with E-state index in [9.17, 15) is 23.1 Å². The third-order valence-corrected chi connectivity index (χ3v) is 6.65. The molecule has 0 bridgehead atoms. The lowest BCUT2D eigenvalue weighted by Gasteiger charge is -2.38. The van der Waals surface area contributed by atoms with Crippen LogP contribution in [0.1, 0.15) is 18.4 Å². The van der Waals surface area contributed by atoms with Gasteiger partial charge < -0.3 is 9.84 Å². The molecule has 5 rings (SSSR count). The van der Waals surface area contributed by atoms with Gasteiger partial charge in [0.2, 0.25) is 0 Å². The van der Waals surface area contributed by atoms with E-state index in [2.05, 4.69) is 4.74 Å². The Morgan fingerprint density at radius 1 is 0.853 bits per heavy atom. The molecule has 1 heterocycles. The van der Waals surface area contributed by atoms with Crippen molar-refractivity contribution in [2.24, 2.45) is 0 Å². The maximum Gasteiger partial charge on any atom is 0.573 e. The van der Waals surface area contributed by atoms with Gasteiger partial charge >= 0.3 is 12.4 Å². The average molecular weight is 509 g/mol. The zero-order valence-electron chi connectivity index (χ0n) is 17.4. The maximum atomic E-state index is 13.8. The van der Waals surface area contributed by atoms with Gasteiger partial charge in [0.05, 0.1) is 0 Å². The van der Waals surface area contributed by atoms with Gasteiger partial charge in [-0.1, -0.05) is 35.3 Å². The lowest BCUT2D eigenvalue weighted by molar-refractivity contribution is -0.274. The number of rotatable bonds is 4. The van der Waals surface area contributed by atoms with Crippen molar-refractivity contribution in [2.45, 2.75) is 30.5 Å². The third-order valence-electron chi connectivity index (χ3n) is 6.15. The van der Waals surface area contributed by atoms with E-state index in [1.807, 2.05) is 0 Å². The van der Waals surface area contributed by atoms with Gasteiger partial charge in [-0.2, -0.15) is 0 Å². The highest BCUT2D eigenvalue weighted by molar-refractivity contribution is 6.31. The van der Waals surface area contributed by atoms with E-state index in [1.165, 1.54) is 21.9 Å². The quantitative estimate of drug-likeness (QED) is 0.425. The zero-order valence-corrected chi connectivity index (χ0v) is 18.9. The monoisotopic (exact) mass is 508 g/mol. The molecule has 2 fully saturated rings. The Hall–Kier alpha value is -2.94. The van der Waals surface area contributed by atoms with E-state index in [-0.39, 0.29) is 5.56 Å². The average Bonchev–Trinajstić information content (AvgIpc) is 3.54. The first-order valence-corrected chi connectivity index (χ1v) is 11.0. The number of alkyl halides is 3. The van der Waals surface area contributed by atoms with Crippen LogP contribution in [0.15, 0.2) is 72.8 Å². The van der Waals surface area contributed by atoms with Crippen molar-refractivity contribution in [3.8, 4) is 5.75 Å². The number of urea groups is 1. The van der Waals surface area contributed by atoms with Gasteiger partial charge in [0.25, 0.3) is 0 Å². The lowest BCUT2D eigenvalue weighted by Crippen LogP contribution is -2.51. The molecule has 2 amide bonds. The summed E-state index contributed by atoms with van der Waals surface area (Å²) in [4.78, 5) is 16.5. The number of anilines is 2. The molecule has 10 heteroatoms. The summed E-state index contributed by atoms with van der Waals surface area (Å²) in [5, 5.41) is 13.2. The fourth-order valence-corrected chi connectivity index (χ4v) is 4.87. The van der Waals surface area contributed by atoms with Crippen molar-refractivity contribution in [3.05, 3.63) is 88.4 Å². The molecule has 1 N–H and O–H groups in total. The second-order valence-electron chi connectivity index (χ2n) is 8.19. The number of ether oxygens (including phenoxy) is 1. The molecule has 3 aromatic carbocycles. The van der Waals surface area contributed by atoms with Crippen LogP contribution in [0.3, 0.4) is 0 Å². The lowest BCUT2D eigenvalue weighted by atomic mass is 9.91. The summed E-state index contributed by atoms with van der Waals surface area (Å²) in [7, 11) is 0. The first-order chi connectivity index (χ1) is 16.0. The van der Waals surface area contributed by atoms with Crippen LogP contribution >= 0.6 is 23.2 Å². The summed E-state index contributed by atoms with van der Waals surface area (Å²) in [6.07, 6.45) is -4.06. The molecule has 1 aliphatic carbocycles. The molecular formula is C24H17Cl2F3N2O3. The van der Waals surface area contributed by atoms with E-state index in [0.717, 1.165) is 12.1 Å². The Balaban J connectivity index is 1.69.